The molecular formula is C23H23FN4O3. The average molecular weight is 422 g/mol. The maximum absolute atomic E-state index is 14.6. The SMILES string of the molecule is CC(=O)N1CCCN(C(=O)c2cc(Cc3n[nH]c(=O)c4ccccc34)ccc2F)CC1. The van der Waals surface area contributed by atoms with Crippen LogP contribution in [0.15, 0.2) is 47.3 Å². The van der Waals surface area contributed by atoms with Gasteiger partial charge in [0.05, 0.1) is 16.6 Å². The Morgan fingerprint density at radius 1 is 1.03 bits per heavy atom. The van der Waals surface area contributed by atoms with E-state index in [1.807, 2.05) is 12.1 Å². The van der Waals surface area contributed by atoms with E-state index in [1.54, 1.807) is 34.1 Å². The number of aromatic nitrogens is 2. The van der Waals surface area contributed by atoms with Crippen LogP contribution in [0.25, 0.3) is 10.8 Å². The number of hydrogen-bond donors (Lipinski definition) is 1. The molecule has 8 heteroatoms. The van der Waals surface area contributed by atoms with Crippen molar-refractivity contribution in [3.8, 4) is 0 Å². The largest absolute Gasteiger partial charge is 0.341 e. The summed E-state index contributed by atoms with van der Waals surface area (Å²) in [5.74, 6) is -0.993. The molecule has 0 aliphatic carbocycles. The van der Waals surface area contributed by atoms with Gasteiger partial charge >= 0.3 is 0 Å². The van der Waals surface area contributed by atoms with Gasteiger partial charge in [0.15, 0.2) is 0 Å². The normalized spacial score (nSPS) is 14.5. The molecule has 1 N–H and O–H groups in total. The van der Waals surface area contributed by atoms with Gasteiger partial charge in [-0.2, -0.15) is 5.10 Å². The quantitative estimate of drug-likeness (QED) is 0.702. The van der Waals surface area contributed by atoms with Crippen molar-refractivity contribution in [2.24, 2.45) is 0 Å². The Labute approximate surface area is 178 Å². The highest BCUT2D eigenvalue weighted by Crippen LogP contribution is 2.20. The summed E-state index contributed by atoms with van der Waals surface area (Å²) in [7, 11) is 0. The van der Waals surface area contributed by atoms with Gasteiger partial charge in [-0.25, -0.2) is 9.49 Å². The first-order valence-corrected chi connectivity index (χ1v) is 10.2. The number of nitrogens with one attached hydrogen (secondary N) is 1. The number of H-pyrrole nitrogens is 1. The lowest BCUT2D eigenvalue weighted by Crippen LogP contribution is -2.36. The summed E-state index contributed by atoms with van der Waals surface area (Å²) >= 11 is 0. The zero-order valence-corrected chi connectivity index (χ0v) is 17.2. The van der Waals surface area contributed by atoms with Crippen LogP contribution in [-0.2, 0) is 11.2 Å². The number of rotatable bonds is 3. The van der Waals surface area contributed by atoms with Crippen LogP contribution in [0.2, 0.25) is 0 Å². The molecule has 1 aliphatic heterocycles. The van der Waals surface area contributed by atoms with Crippen LogP contribution in [0.4, 0.5) is 4.39 Å². The second-order valence-corrected chi connectivity index (χ2v) is 7.69. The Morgan fingerprint density at radius 2 is 1.74 bits per heavy atom. The average Bonchev–Trinajstić information content (AvgIpc) is 3.03. The first kappa shape index (κ1) is 20.7. The highest BCUT2D eigenvalue weighted by molar-refractivity contribution is 5.95. The Kier molecular flexibility index (Phi) is 5.79. The Balaban J connectivity index is 1.59. The van der Waals surface area contributed by atoms with Gasteiger partial charge in [-0.3, -0.25) is 14.4 Å². The number of carbonyl (C=O) groups is 2. The molecule has 1 saturated heterocycles. The van der Waals surface area contributed by atoms with Crippen LogP contribution in [-0.4, -0.2) is 58.0 Å². The highest BCUT2D eigenvalue weighted by Gasteiger charge is 2.23. The van der Waals surface area contributed by atoms with Gasteiger partial charge in [-0.1, -0.05) is 24.3 Å². The standard InChI is InChI=1S/C23H23FN4O3/c1-15(29)27-9-4-10-28(12-11-27)23(31)19-13-16(7-8-20(19)24)14-21-17-5-2-3-6-18(17)22(30)26-25-21/h2-3,5-8,13H,4,9-12,14H2,1H3,(H,26,30). The summed E-state index contributed by atoms with van der Waals surface area (Å²) in [6, 6.07) is 11.6. The van der Waals surface area contributed by atoms with Crippen molar-refractivity contribution >= 4 is 22.6 Å². The molecule has 1 aliphatic rings. The molecule has 0 saturated carbocycles. The van der Waals surface area contributed by atoms with Gasteiger partial charge < -0.3 is 9.80 Å². The Hall–Kier alpha value is -3.55. The fourth-order valence-electron chi connectivity index (χ4n) is 3.95. The maximum Gasteiger partial charge on any atom is 0.272 e. The van der Waals surface area contributed by atoms with Crippen LogP contribution in [0.3, 0.4) is 0 Å². The molecule has 4 rings (SSSR count). The minimum absolute atomic E-state index is 0.00232. The number of aromatic amines is 1. The molecular weight excluding hydrogens is 399 g/mol. The molecule has 2 amide bonds. The third-order valence-corrected chi connectivity index (χ3v) is 5.64. The van der Waals surface area contributed by atoms with Gasteiger partial charge in [-0.15, -0.1) is 0 Å². The molecule has 0 radical (unpaired) electrons. The molecule has 0 atom stereocenters. The summed E-state index contributed by atoms with van der Waals surface area (Å²) in [5, 5.41) is 7.91. The summed E-state index contributed by atoms with van der Waals surface area (Å²) < 4.78 is 14.6. The fourth-order valence-corrected chi connectivity index (χ4v) is 3.95. The molecule has 0 spiro atoms. The van der Waals surface area contributed by atoms with E-state index in [4.69, 9.17) is 0 Å². The number of fused-ring (bicyclic) bond motifs is 1. The van der Waals surface area contributed by atoms with Crippen molar-refractivity contribution < 1.29 is 14.0 Å². The molecule has 0 bridgehead atoms. The molecule has 1 fully saturated rings. The zero-order valence-electron chi connectivity index (χ0n) is 17.2. The highest BCUT2D eigenvalue weighted by atomic mass is 19.1. The number of carbonyl (C=O) groups excluding carboxylic acids is 2. The van der Waals surface area contributed by atoms with Crippen LogP contribution in [0.1, 0.15) is 35.0 Å². The van der Waals surface area contributed by atoms with Crippen molar-refractivity contribution in [2.45, 2.75) is 19.8 Å². The smallest absolute Gasteiger partial charge is 0.272 e. The molecule has 160 valence electrons. The second-order valence-electron chi connectivity index (χ2n) is 7.69. The molecule has 31 heavy (non-hydrogen) atoms. The molecule has 7 nitrogen and oxygen atoms in total. The number of nitrogens with zero attached hydrogens (tertiary/aromatic N) is 3. The minimum Gasteiger partial charge on any atom is -0.341 e. The number of amides is 2. The third-order valence-electron chi connectivity index (χ3n) is 5.64. The maximum atomic E-state index is 14.6. The predicted molar refractivity (Wildman–Crippen MR) is 114 cm³/mol. The van der Waals surface area contributed by atoms with Gasteiger partial charge in [-0.05, 0) is 30.2 Å². The van der Waals surface area contributed by atoms with Gasteiger partial charge in [0.2, 0.25) is 5.91 Å². The van der Waals surface area contributed by atoms with Crippen molar-refractivity contribution in [1.82, 2.24) is 20.0 Å². The lowest BCUT2D eigenvalue weighted by atomic mass is 10.0. The summed E-state index contributed by atoms with van der Waals surface area (Å²) in [4.78, 5) is 39.9. The van der Waals surface area contributed by atoms with E-state index < -0.39 is 5.82 Å². The molecule has 3 aromatic rings. The van der Waals surface area contributed by atoms with E-state index in [0.717, 1.165) is 10.9 Å². The van der Waals surface area contributed by atoms with Crippen molar-refractivity contribution in [1.29, 1.82) is 0 Å². The van der Waals surface area contributed by atoms with Gasteiger partial charge in [0.25, 0.3) is 11.5 Å². The number of hydrogen-bond acceptors (Lipinski definition) is 4. The van der Waals surface area contributed by atoms with Crippen LogP contribution in [0.5, 0.6) is 0 Å². The van der Waals surface area contributed by atoms with E-state index in [0.29, 0.717) is 50.1 Å². The monoisotopic (exact) mass is 422 g/mol. The summed E-state index contributed by atoms with van der Waals surface area (Å²) in [5.41, 5.74) is 1.10. The van der Waals surface area contributed by atoms with Crippen LogP contribution in [0, 0.1) is 5.82 Å². The van der Waals surface area contributed by atoms with Crippen molar-refractivity contribution in [3.05, 3.63) is 75.5 Å². The molecule has 2 aromatic carbocycles. The Morgan fingerprint density at radius 3 is 2.52 bits per heavy atom. The molecule has 1 aromatic heterocycles. The van der Waals surface area contributed by atoms with Crippen molar-refractivity contribution in [2.75, 3.05) is 26.2 Å². The fraction of sp³-hybridized carbons (Fsp3) is 0.304. The van der Waals surface area contributed by atoms with E-state index >= 15 is 0 Å². The topological polar surface area (TPSA) is 86.4 Å². The van der Waals surface area contributed by atoms with Gasteiger partial charge in [0, 0.05) is 44.9 Å². The predicted octanol–water partition coefficient (Wildman–Crippen LogP) is 2.35. The zero-order chi connectivity index (χ0) is 22.0. The first-order chi connectivity index (χ1) is 14.9. The lowest BCUT2D eigenvalue weighted by Gasteiger charge is -2.22. The number of benzene rings is 2. The van der Waals surface area contributed by atoms with Crippen LogP contribution < -0.4 is 5.56 Å². The third kappa shape index (κ3) is 4.33. The minimum atomic E-state index is -0.583. The van der Waals surface area contributed by atoms with E-state index in [9.17, 15) is 18.8 Å². The van der Waals surface area contributed by atoms with E-state index in [-0.39, 0.29) is 22.9 Å². The number of halogens is 1. The van der Waals surface area contributed by atoms with E-state index in [1.165, 1.54) is 13.0 Å². The summed E-state index contributed by atoms with van der Waals surface area (Å²) in [6.45, 7) is 3.38. The first-order valence-electron chi connectivity index (χ1n) is 10.2. The summed E-state index contributed by atoms with van der Waals surface area (Å²) in [6.07, 6.45) is 0.996. The van der Waals surface area contributed by atoms with Crippen LogP contribution >= 0.6 is 0 Å². The van der Waals surface area contributed by atoms with E-state index in [2.05, 4.69) is 10.2 Å². The van der Waals surface area contributed by atoms with Gasteiger partial charge in [0.1, 0.15) is 5.82 Å². The molecule has 0 unspecified atom stereocenters. The Bertz CT molecular complexity index is 1210. The molecule has 2 heterocycles. The van der Waals surface area contributed by atoms with Crippen molar-refractivity contribution in [3.63, 3.8) is 0 Å². The lowest BCUT2D eigenvalue weighted by molar-refractivity contribution is -0.128. The second kappa shape index (κ2) is 8.67.